The lowest BCUT2D eigenvalue weighted by Gasteiger charge is -2.20. The summed E-state index contributed by atoms with van der Waals surface area (Å²) in [6.45, 7) is 1.98. The molecule has 0 aliphatic rings. The molecule has 0 fully saturated rings. The van der Waals surface area contributed by atoms with E-state index >= 15 is 0 Å². The van der Waals surface area contributed by atoms with Crippen LogP contribution in [0.1, 0.15) is 30.1 Å². The Balaban J connectivity index is 2.24. The van der Waals surface area contributed by atoms with Gasteiger partial charge in [-0.2, -0.15) is 0 Å². The number of quaternary nitrogens is 1. The standard InChI is InChI=1S/C18H20ClN3O2/c1-12(14-10-6-7-11-15(14)19)21-16(13-8-4-3-5-9-13)17(23)22-18(24)20-2/h3-12,16,21H,1-2H3,(H2,20,22,23,24)/p+1/t12-,16-/m1/s1. The van der Waals surface area contributed by atoms with Crippen molar-refractivity contribution in [2.75, 3.05) is 7.05 Å². The van der Waals surface area contributed by atoms with Gasteiger partial charge in [-0.15, -0.1) is 0 Å². The normalized spacial score (nSPS) is 13.0. The number of hydrogen-bond acceptors (Lipinski definition) is 2. The minimum atomic E-state index is -0.560. The first-order valence-electron chi connectivity index (χ1n) is 7.70. The Bertz CT molecular complexity index is 706. The van der Waals surface area contributed by atoms with E-state index in [1.165, 1.54) is 7.05 Å². The average molecular weight is 347 g/mol. The van der Waals surface area contributed by atoms with E-state index in [-0.39, 0.29) is 11.9 Å². The number of carbonyl (C=O) groups is 2. The molecule has 0 spiro atoms. The van der Waals surface area contributed by atoms with Gasteiger partial charge >= 0.3 is 6.03 Å². The summed E-state index contributed by atoms with van der Waals surface area (Å²) in [7, 11) is 1.47. The van der Waals surface area contributed by atoms with Gasteiger partial charge in [0.1, 0.15) is 6.04 Å². The molecule has 2 aromatic rings. The first kappa shape index (κ1) is 18.0. The number of halogens is 1. The molecule has 0 saturated carbocycles. The van der Waals surface area contributed by atoms with Crippen molar-refractivity contribution in [2.24, 2.45) is 0 Å². The van der Waals surface area contributed by atoms with Crippen molar-refractivity contribution in [3.63, 3.8) is 0 Å². The van der Waals surface area contributed by atoms with Crippen LogP contribution in [0.4, 0.5) is 4.79 Å². The van der Waals surface area contributed by atoms with Gasteiger partial charge < -0.3 is 10.6 Å². The van der Waals surface area contributed by atoms with Crippen LogP contribution in [0.15, 0.2) is 54.6 Å². The molecule has 0 bridgehead atoms. The van der Waals surface area contributed by atoms with Gasteiger partial charge in [-0.05, 0) is 13.0 Å². The Kier molecular flexibility index (Phi) is 6.35. The second-order valence-electron chi connectivity index (χ2n) is 5.46. The quantitative estimate of drug-likeness (QED) is 0.776. The monoisotopic (exact) mass is 346 g/mol. The molecule has 0 saturated heterocycles. The smallest absolute Gasteiger partial charge is 0.321 e. The van der Waals surface area contributed by atoms with Crippen molar-refractivity contribution in [3.05, 3.63) is 70.7 Å². The lowest BCUT2D eigenvalue weighted by molar-refractivity contribution is -0.719. The number of amides is 3. The third kappa shape index (κ3) is 4.57. The fourth-order valence-electron chi connectivity index (χ4n) is 2.50. The Morgan fingerprint density at radius 2 is 1.67 bits per heavy atom. The van der Waals surface area contributed by atoms with Crippen LogP contribution in [-0.2, 0) is 4.79 Å². The fourth-order valence-corrected chi connectivity index (χ4v) is 2.81. The van der Waals surface area contributed by atoms with Crippen molar-refractivity contribution in [3.8, 4) is 0 Å². The van der Waals surface area contributed by atoms with E-state index < -0.39 is 12.1 Å². The zero-order valence-corrected chi connectivity index (χ0v) is 14.4. The Labute approximate surface area is 146 Å². The van der Waals surface area contributed by atoms with Crippen LogP contribution in [0.25, 0.3) is 0 Å². The van der Waals surface area contributed by atoms with E-state index in [1.54, 1.807) is 0 Å². The highest BCUT2D eigenvalue weighted by Gasteiger charge is 2.28. The first-order chi connectivity index (χ1) is 11.5. The maximum absolute atomic E-state index is 12.5. The van der Waals surface area contributed by atoms with E-state index in [0.717, 1.165) is 11.1 Å². The SMILES string of the molecule is CNC(=O)NC(=O)[C@H]([NH2+][C@H](C)c1ccccc1Cl)c1ccccc1. The zero-order chi connectivity index (χ0) is 17.5. The minimum Gasteiger partial charge on any atom is -0.341 e. The summed E-state index contributed by atoms with van der Waals surface area (Å²) >= 11 is 6.25. The molecule has 6 heteroatoms. The number of imide groups is 1. The molecule has 126 valence electrons. The van der Waals surface area contributed by atoms with Gasteiger partial charge in [-0.3, -0.25) is 10.1 Å². The number of nitrogens with two attached hydrogens (primary N) is 1. The maximum atomic E-state index is 12.5. The van der Waals surface area contributed by atoms with Gasteiger partial charge in [-0.25, -0.2) is 4.79 Å². The summed E-state index contributed by atoms with van der Waals surface area (Å²) < 4.78 is 0. The Hall–Kier alpha value is -2.37. The lowest BCUT2D eigenvalue weighted by Crippen LogP contribution is -2.88. The van der Waals surface area contributed by atoms with Gasteiger partial charge in [0.25, 0.3) is 5.91 Å². The predicted molar refractivity (Wildman–Crippen MR) is 93.6 cm³/mol. The number of urea groups is 1. The number of nitrogens with one attached hydrogen (secondary N) is 2. The third-order valence-electron chi connectivity index (χ3n) is 3.78. The number of carbonyl (C=O) groups excluding carboxylic acids is 2. The molecule has 5 nitrogen and oxygen atoms in total. The van der Waals surface area contributed by atoms with E-state index in [2.05, 4.69) is 10.6 Å². The van der Waals surface area contributed by atoms with Gasteiger partial charge in [-0.1, -0.05) is 60.1 Å². The zero-order valence-electron chi connectivity index (χ0n) is 13.6. The Morgan fingerprint density at radius 1 is 1.04 bits per heavy atom. The Morgan fingerprint density at radius 3 is 2.29 bits per heavy atom. The highest BCUT2D eigenvalue weighted by molar-refractivity contribution is 6.31. The molecule has 24 heavy (non-hydrogen) atoms. The molecule has 2 aromatic carbocycles. The molecule has 0 radical (unpaired) electrons. The summed E-state index contributed by atoms with van der Waals surface area (Å²) in [5.41, 5.74) is 1.76. The molecule has 0 aromatic heterocycles. The number of rotatable bonds is 5. The molecule has 3 amide bonds. The average Bonchev–Trinajstić information content (AvgIpc) is 2.60. The predicted octanol–water partition coefficient (Wildman–Crippen LogP) is 2.16. The molecule has 2 rings (SSSR count). The van der Waals surface area contributed by atoms with Crippen LogP contribution in [0, 0.1) is 0 Å². The summed E-state index contributed by atoms with van der Waals surface area (Å²) in [6.07, 6.45) is 0. The second kappa shape index (κ2) is 8.47. The number of hydrogen-bond donors (Lipinski definition) is 3. The molecular formula is C18H21ClN3O2+. The van der Waals surface area contributed by atoms with Crippen LogP contribution in [0.2, 0.25) is 5.02 Å². The molecule has 4 N–H and O–H groups in total. The van der Waals surface area contributed by atoms with E-state index in [4.69, 9.17) is 11.6 Å². The van der Waals surface area contributed by atoms with E-state index in [1.807, 2.05) is 66.8 Å². The third-order valence-corrected chi connectivity index (χ3v) is 4.13. The molecule has 0 heterocycles. The van der Waals surface area contributed by atoms with Gasteiger partial charge in [0.15, 0.2) is 6.04 Å². The number of benzene rings is 2. The van der Waals surface area contributed by atoms with Crippen LogP contribution in [0.5, 0.6) is 0 Å². The van der Waals surface area contributed by atoms with Gasteiger partial charge in [0.2, 0.25) is 0 Å². The molecule has 0 aliphatic carbocycles. The van der Waals surface area contributed by atoms with Crippen molar-refractivity contribution >= 4 is 23.5 Å². The van der Waals surface area contributed by atoms with Crippen molar-refractivity contribution in [1.29, 1.82) is 0 Å². The van der Waals surface area contributed by atoms with E-state index in [9.17, 15) is 9.59 Å². The summed E-state index contributed by atoms with van der Waals surface area (Å²) in [6, 6.07) is 15.7. The second-order valence-corrected chi connectivity index (χ2v) is 5.87. The van der Waals surface area contributed by atoms with Crippen LogP contribution < -0.4 is 16.0 Å². The topological polar surface area (TPSA) is 74.8 Å². The van der Waals surface area contributed by atoms with Crippen molar-refractivity contribution in [1.82, 2.24) is 10.6 Å². The molecular weight excluding hydrogens is 326 g/mol. The molecule has 0 aliphatic heterocycles. The summed E-state index contributed by atoms with van der Waals surface area (Å²) in [4.78, 5) is 24.0. The van der Waals surface area contributed by atoms with Crippen LogP contribution in [0.3, 0.4) is 0 Å². The molecule has 2 atom stereocenters. The maximum Gasteiger partial charge on any atom is 0.321 e. The van der Waals surface area contributed by atoms with Gasteiger partial charge in [0.05, 0.1) is 0 Å². The lowest BCUT2D eigenvalue weighted by atomic mass is 10.0. The summed E-state index contributed by atoms with van der Waals surface area (Å²) in [5, 5.41) is 7.29. The van der Waals surface area contributed by atoms with Crippen LogP contribution in [-0.4, -0.2) is 19.0 Å². The van der Waals surface area contributed by atoms with Gasteiger partial charge in [0, 0.05) is 23.2 Å². The minimum absolute atomic E-state index is 0.0562. The molecule has 0 unspecified atom stereocenters. The fraction of sp³-hybridized carbons (Fsp3) is 0.222. The van der Waals surface area contributed by atoms with Crippen molar-refractivity contribution in [2.45, 2.75) is 19.0 Å². The first-order valence-corrected chi connectivity index (χ1v) is 8.07. The summed E-state index contributed by atoms with van der Waals surface area (Å²) in [5.74, 6) is -0.376. The largest absolute Gasteiger partial charge is 0.341 e. The van der Waals surface area contributed by atoms with Crippen molar-refractivity contribution < 1.29 is 14.9 Å². The van der Waals surface area contributed by atoms with Crippen LogP contribution >= 0.6 is 11.6 Å². The van der Waals surface area contributed by atoms with E-state index in [0.29, 0.717) is 5.02 Å². The highest BCUT2D eigenvalue weighted by atomic mass is 35.5. The highest BCUT2D eigenvalue weighted by Crippen LogP contribution is 2.21.